The van der Waals surface area contributed by atoms with E-state index < -0.39 is 0 Å². The molecule has 1 aromatic rings. The van der Waals surface area contributed by atoms with E-state index in [4.69, 9.17) is 0 Å². The number of hydrogen-bond donors (Lipinski definition) is 3. The number of carbonyl (C=O) groups is 1. The van der Waals surface area contributed by atoms with Gasteiger partial charge in [-0.2, -0.15) is 0 Å². The molecule has 5 heteroatoms. The number of aliphatic hydroxyl groups excluding tert-OH is 1. The van der Waals surface area contributed by atoms with Gasteiger partial charge in [-0.1, -0.05) is 30.3 Å². The molecule has 1 fully saturated rings. The third-order valence-electron chi connectivity index (χ3n) is 3.52. The van der Waals surface area contributed by atoms with Gasteiger partial charge in [-0.3, -0.25) is 9.69 Å². The molecule has 1 saturated heterocycles. The van der Waals surface area contributed by atoms with Crippen molar-refractivity contribution in [3.8, 4) is 0 Å². The Morgan fingerprint density at radius 2 is 2.10 bits per heavy atom. The SMILES string of the molecule is O=C(CN1CCCNCC1)NC(CO)c1ccccc1. The number of aliphatic hydroxyl groups is 1. The summed E-state index contributed by atoms with van der Waals surface area (Å²) in [4.78, 5) is 14.2. The van der Waals surface area contributed by atoms with Crippen LogP contribution in [0.5, 0.6) is 0 Å². The van der Waals surface area contributed by atoms with E-state index in [-0.39, 0.29) is 18.6 Å². The van der Waals surface area contributed by atoms with E-state index in [0.717, 1.165) is 38.2 Å². The van der Waals surface area contributed by atoms with Crippen LogP contribution < -0.4 is 10.6 Å². The van der Waals surface area contributed by atoms with Crippen molar-refractivity contribution in [1.29, 1.82) is 0 Å². The Morgan fingerprint density at radius 1 is 1.30 bits per heavy atom. The second kappa shape index (κ2) is 7.99. The van der Waals surface area contributed by atoms with Crippen molar-refractivity contribution in [2.24, 2.45) is 0 Å². The molecule has 1 atom stereocenters. The van der Waals surface area contributed by atoms with Gasteiger partial charge in [0.2, 0.25) is 5.91 Å². The lowest BCUT2D eigenvalue weighted by Gasteiger charge is -2.22. The van der Waals surface area contributed by atoms with Gasteiger partial charge >= 0.3 is 0 Å². The molecular weight excluding hydrogens is 254 g/mol. The van der Waals surface area contributed by atoms with Gasteiger partial charge in [0, 0.05) is 13.1 Å². The molecule has 0 saturated carbocycles. The monoisotopic (exact) mass is 277 g/mol. The second-order valence-electron chi connectivity index (χ2n) is 5.09. The minimum absolute atomic E-state index is 0.0326. The Balaban J connectivity index is 1.86. The summed E-state index contributed by atoms with van der Waals surface area (Å²) >= 11 is 0. The molecule has 1 aliphatic heterocycles. The summed E-state index contributed by atoms with van der Waals surface area (Å²) in [6, 6.07) is 9.24. The minimum Gasteiger partial charge on any atom is -0.394 e. The predicted octanol–water partition coefficient (Wildman–Crippen LogP) is 0.132. The van der Waals surface area contributed by atoms with E-state index in [1.165, 1.54) is 0 Å². The lowest BCUT2D eigenvalue weighted by Crippen LogP contribution is -2.41. The fourth-order valence-corrected chi connectivity index (χ4v) is 2.42. The van der Waals surface area contributed by atoms with Crippen LogP contribution in [-0.4, -0.2) is 55.2 Å². The van der Waals surface area contributed by atoms with E-state index in [0.29, 0.717) is 6.54 Å². The lowest BCUT2D eigenvalue weighted by atomic mass is 10.1. The maximum absolute atomic E-state index is 12.1. The zero-order chi connectivity index (χ0) is 14.2. The molecule has 0 spiro atoms. The zero-order valence-corrected chi connectivity index (χ0v) is 11.7. The van der Waals surface area contributed by atoms with Gasteiger partial charge < -0.3 is 15.7 Å². The van der Waals surface area contributed by atoms with Crippen LogP contribution >= 0.6 is 0 Å². The number of rotatable bonds is 5. The molecule has 0 aliphatic carbocycles. The highest BCUT2D eigenvalue weighted by Crippen LogP contribution is 2.11. The van der Waals surface area contributed by atoms with Crippen molar-refractivity contribution in [3.63, 3.8) is 0 Å². The summed E-state index contributed by atoms with van der Waals surface area (Å²) in [6.07, 6.45) is 1.06. The molecule has 2 rings (SSSR count). The van der Waals surface area contributed by atoms with Crippen LogP contribution in [0.1, 0.15) is 18.0 Å². The van der Waals surface area contributed by atoms with Gasteiger partial charge in [0.25, 0.3) is 0 Å². The Labute approximate surface area is 120 Å². The summed E-state index contributed by atoms with van der Waals surface area (Å²) in [5.41, 5.74) is 0.931. The van der Waals surface area contributed by atoms with Crippen LogP contribution in [0, 0.1) is 0 Å². The molecule has 5 nitrogen and oxygen atoms in total. The maximum Gasteiger partial charge on any atom is 0.234 e. The Morgan fingerprint density at radius 3 is 2.85 bits per heavy atom. The van der Waals surface area contributed by atoms with Crippen LogP contribution in [0.3, 0.4) is 0 Å². The molecule has 0 radical (unpaired) electrons. The second-order valence-corrected chi connectivity index (χ2v) is 5.09. The van der Waals surface area contributed by atoms with Crippen molar-refractivity contribution < 1.29 is 9.90 Å². The van der Waals surface area contributed by atoms with Crippen LogP contribution in [0.2, 0.25) is 0 Å². The van der Waals surface area contributed by atoms with Gasteiger partial charge in [0.15, 0.2) is 0 Å². The van der Waals surface area contributed by atoms with Crippen molar-refractivity contribution in [1.82, 2.24) is 15.5 Å². The standard InChI is InChI=1S/C15H23N3O2/c19-12-14(13-5-2-1-3-6-13)17-15(20)11-18-9-4-7-16-8-10-18/h1-3,5-6,14,16,19H,4,7-12H2,(H,17,20). The van der Waals surface area contributed by atoms with Crippen LogP contribution in [0.4, 0.5) is 0 Å². The van der Waals surface area contributed by atoms with E-state index in [1.54, 1.807) is 0 Å². The first kappa shape index (κ1) is 15.0. The van der Waals surface area contributed by atoms with Crippen molar-refractivity contribution >= 4 is 5.91 Å². The van der Waals surface area contributed by atoms with Crippen LogP contribution in [0.25, 0.3) is 0 Å². The largest absolute Gasteiger partial charge is 0.394 e. The zero-order valence-electron chi connectivity index (χ0n) is 11.7. The third-order valence-corrected chi connectivity index (χ3v) is 3.52. The van der Waals surface area contributed by atoms with Crippen LogP contribution in [-0.2, 0) is 4.79 Å². The fourth-order valence-electron chi connectivity index (χ4n) is 2.42. The van der Waals surface area contributed by atoms with Crippen molar-refractivity contribution in [3.05, 3.63) is 35.9 Å². The van der Waals surface area contributed by atoms with Crippen molar-refractivity contribution in [2.75, 3.05) is 39.3 Å². The molecule has 110 valence electrons. The molecule has 1 unspecified atom stereocenters. The highest BCUT2D eigenvalue weighted by molar-refractivity contribution is 5.78. The summed E-state index contributed by atoms with van der Waals surface area (Å²) in [6.45, 7) is 4.08. The predicted molar refractivity (Wildman–Crippen MR) is 78.3 cm³/mol. The third kappa shape index (κ3) is 4.59. The first-order chi connectivity index (χ1) is 9.79. The van der Waals surface area contributed by atoms with E-state index in [2.05, 4.69) is 15.5 Å². The molecule has 1 aliphatic rings. The molecule has 20 heavy (non-hydrogen) atoms. The number of carbonyl (C=O) groups excluding carboxylic acids is 1. The molecule has 1 aromatic carbocycles. The molecule has 3 N–H and O–H groups in total. The number of nitrogens with zero attached hydrogens (tertiary/aromatic N) is 1. The molecule has 0 bridgehead atoms. The first-order valence-electron chi connectivity index (χ1n) is 7.18. The topological polar surface area (TPSA) is 64.6 Å². The highest BCUT2D eigenvalue weighted by atomic mass is 16.3. The van der Waals surface area contributed by atoms with Gasteiger partial charge in [0.1, 0.15) is 0 Å². The molecular formula is C15H23N3O2. The number of nitrogens with one attached hydrogen (secondary N) is 2. The van der Waals surface area contributed by atoms with Gasteiger partial charge in [0.05, 0.1) is 19.2 Å². The van der Waals surface area contributed by atoms with Gasteiger partial charge in [-0.05, 0) is 25.1 Å². The Hall–Kier alpha value is -1.43. The minimum atomic E-state index is -0.325. The van der Waals surface area contributed by atoms with Gasteiger partial charge in [-0.25, -0.2) is 0 Å². The summed E-state index contributed by atoms with van der Waals surface area (Å²) in [7, 11) is 0. The molecule has 1 heterocycles. The number of hydrogen-bond acceptors (Lipinski definition) is 4. The van der Waals surface area contributed by atoms with Crippen LogP contribution in [0.15, 0.2) is 30.3 Å². The molecule has 1 amide bonds. The average Bonchev–Trinajstić information content (AvgIpc) is 2.74. The smallest absolute Gasteiger partial charge is 0.234 e. The maximum atomic E-state index is 12.1. The average molecular weight is 277 g/mol. The lowest BCUT2D eigenvalue weighted by molar-refractivity contribution is -0.123. The normalized spacial score (nSPS) is 18.2. The number of amides is 1. The summed E-state index contributed by atoms with van der Waals surface area (Å²) < 4.78 is 0. The van der Waals surface area contributed by atoms with Crippen molar-refractivity contribution in [2.45, 2.75) is 12.5 Å². The van der Waals surface area contributed by atoms with E-state index in [1.807, 2.05) is 30.3 Å². The summed E-state index contributed by atoms with van der Waals surface area (Å²) in [5.74, 6) is -0.0326. The molecule has 0 aromatic heterocycles. The van der Waals surface area contributed by atoms with Gasteiger partial charge in [-0.15, -0.1) is 0 Å². The Bertz CT molecular complexity index is 403. The van der Waals surface area contributed by atoms with E-state index >= 15 is 0 Å². The highest BCUT2D eigenvalue weighted by Gasteiger charge is 2.16. The quantitative estimate of drug-likeness (QED) is 0.716. The summed E-state index contributed by atoms with van der Waals surface area (Å²) in [5, 5.41) is 15.7. The first-order valence-corrected chi connectivity index (χ1v) is 7.18. The fraction of sp³-hybridized carbons (Fsp3) is 0.533. The Kier molecular flexibility index (Phi) is 5.98. The van der Waals surface area contributed by atoms with E-state index in [9.17, 15) is 9.90 Å². The number of benzene rings is 1.